The molecular weight excluding hydrogens is 155 g/mol. The molecule has 0 saturated heterocycles. The average Bonchev–Trinajstić information content (AvgIpc) is 1.88. The van der Waals surface area contributed by atoms with Gasteiger partial charge in [-0.2, -0.15) is 8.42 Å². The normalized spacial score (nSPS) is 22.9. The van der Waals surface area contributed by atoms with E-state index in [-0.39, 0.29) is 0 Å². The zero-order valence-electron chi connectivity index (χ0n) is 5.72. The van der Waals surface area contributed by atoms with Crippen molar-refractivity contribution in [2.45, 2.75) is 37.4 Å². The first kappa shape index (κ1) is 7.98. The van der Waals surface area contributed by atoms with Gasteiger partial charge in [-0.3, -0.25) is 0 Å². The molecule has 0 aromatic heterocycles. The molecule has 0 aromatic carbocycles. The smallest absolute Gasteiger partial charge is 0.195 e. The zero-order valence-corrected chi connectivity index (χ0v) is 6.53. The molecule has 0 amide bonds. The molecule has 0 aromatic rings. The highest BCUT2D eigenvalue weighted by Gasteiger charge is 2.26. The molecule has 2 nitrogen and oxygen atoms in total. The predicted octanol–water partition coefficient (Wildman–Crippen LogP) is 1.62. The molecule has 1 saturated carbocycles. The van der Waals surface area contributed by atoms with Crippen LogP contribution in [0, 0.1) is 0 Å². The molecule has 0 atom stereocenters. The maximum absolute atomic E-state index is 12.2. The Kier molecular flexibility index (Phi) is 2.28. The molecule has 0 bridgehead atoms. The maximum Gasteiger partial charge on any atom is 0.305 e. The van der Waals surface area contributed by atoms with Crippen molar-refractivity contribution in [3.63, 3.8) is 0 Å². The molecule has 0 unspecified atom stereocenters. The molecule has 10 heavy (non-hydrogen) atoms. The van der Waals surface area contributed by atoms with Crippen LogP contribution in [0.3, 0.4) is 0 Å². The SMILES string of the molecule is O=S(=O)(F)C1CCCCC1. The Morgan fingerprint density at radius 1 is 1.10 bits per heavy atom. The summed E-state index contributed by atoms with van der Waals surface area (Å²) in [5, 5.41) is -0.693. The Morgan fingerprint density at radius 3 is 1.90 bits per heavy atom. The van der Waals surface area contributed by atoms with E-state index in [4.69, 9.17) is 0 Å². The van der Waals surface area contributed by atoms with Crippen LogP contribution in [-0.2, 0) is 10.2 Å². The number of rotatable bonds is 1. The lowest BCUT2D eigenvalue weighted by molar-refractivity contribution is 0.462. The van der Waals surface area contributed by atoms with E-state index in [0.717, 1.165) is 19.3 Å². The molecule has 0 radical (unpaired) electrons. The van der Waals surface area contributed by atoms with Crippen LogP contribution in [-0.4, -0.2) is 13.7 Å². The second-order valence-electron chi connectivity index (χ2n) is 2.74. The number of halogens is 1. The topological polar surface area (TPSA) is 34.1 Å². The fourth-order valence-electron chi connectivity index (χ4n) is 1.35. The van der Waals surface area contributed by atoms with Crippen molar-refractivity contribution in [3.05, 3.63) is 0 Å². The van der Waals surface area contributed by atoms with E-state index in [1.54, 1.807) is 0 Å². The van der Waals surface area contributed by atoms with Gasteiger partial charge in [0, 0.05) is 0 Å². The highest BCUT2D eigenvalue weighted by Crippen LogP contribution is 2.24. The van der Waals surface area contributed by atoms with Crippen LogP contribution in [0.15, 0.2) is 0 Å². The lowest BCUT2D eigenvalue weighted by Gasteiger charge is -2.16. The first-order valence-electron chi connectivity index (χ1n) is 3.54. The standard InChI is InChI=1S/C6H11FO2S/c7-10(8,9)6-4-2-1-3-5-6/h6H,1-5H2. The first-order chi connectivity index (χ1) is 4.61. The van der Waals surface area contributed by atoms with Crippen LogP contribution in [0.1, 0.15) is 32.1 Å². The van der Waals surface area contributed by atoms with Crippen LogP contribution in [0.4, 0.5) is 3.89 Å². The monoisotopic (exact) mass is 166 g/mol. The van der Waals surface area contributed by atoms with E-state index >= 15 is 0 Å². The van der Waals surface area contributed by atoms with E-state index < -0.39 is 15.5 Å². The minimum Gasteiger partial charge on any atom is -0.195 e. The van der Waals surface area contributed by atoms with Crippen LogP contribution in [0.5, 0.6) is 0 Å². The summed E-state index contributed by atoms with van der Waals surface area (Å²) in [6.07, 6.45) is 3.78. The Bertz CT molecular complexity index is 192. The zero-order chi connectivity index (χ0) is 7.61. The summed E-state index contributed by atoms with van der Waals surface area (Å²) in [4.78, 5) is 0. The fraction of sp³-hybridized carbons (Fsp3) is 1.00. The van der Waals surface area contributed by atoms with E-state index in [1.807, 2.05) is 0 Å². The van der Waals surface area contributed by atoms with Crippen LogP contribution in [0.2, 0.25) is 0 Å². The molecule has 1 fully saturated rings. The fourth-order valence-corrected chi connectivity index (χ4v) is 2.24. The third kappa shape index (κ3) is 1.94. The second kappa shape index (κ2) is 2.86. The molecule has 1 rings (SSSR count). The lowest BCUT2D eigenvalue weighted by Crippen LogP contribution is -2.19. The van der Waals surface area contributed by atoms with Gasteiger partial charge in [0.05, 0.1) is 5.25 Å². The summed E-state index contributed by atoms with van der Waals surface area (Å²) in [5.41, 5.74) is 0. The summed E-state index contributed by atoms with van der Waals surface area (Å²) < 4.78 is 32.9. The highest BCUT2D eigenvalue weighted by atomic mass is 32.3. The molecule has 1 aliphatic carbocycles. The molecular formula is C6H11FO2S. The summed E-state index contributed by atoms with van der Waals surface area (Å²) >= 11 is 0. The van der Waals surface area contributed by atoms with Crippen molar-refractivity contribution in [1.82, 2.24) is 0 Å². The van der Waals surface area contributed by atoms with E-state index in [0.29, 0.717) is 12.8 Å². The second-order valence-corrected chi connectivity index (χ2v) is 4.35. The van der Waals surface area contributed by atoms with E-state index in [1.165, 1.54) is 0 Å². The van der Waals surface area contributed by atoms with Gasteiger partial charge in [0.1, 0.15) is 0 Å². The van der Waals surface area contributed by atoms with Crippen molar-refractivity contribution in [2.75, 3.05) is 0 Å². The van der Waals surface area contributed by atoms with Crippen molar-refractivity contribution < 1.29 is 12.3 Å². The van der Waals surface area contributed by atoms with Crippen molar-refractivity contribution in [2.24, 2.45) is 0 Å². The van der Waals surface area contributed by atoms with Gasteiger partial charge in [-0.05, 0) is 12.8 Å². The molecule has 0 N–H and O–H groups in total. The largest absolute Gasteiger partial charge is 0.305 e. The van der Waals surface area contributed by atoms with Crippen molar-refractivity contribution in [1.29, 1.82) is 0 Å². The van der Waals surface area contributed by atoms with Gasteiger partial charge in [0.25, 0.3) is 0 Å². The summed E-state index contributed by atoms with van der Waals surface area (Å²) in [6, 6.07) is 0. The van der Waals surface area contributed by atoms with Crippen molar-refractivity contribution >= 4 is 10.2 Å². The molecule has 1 aliphatic rings. The number of hydrogen-bond donors (Lipinski definition) is 0. The Balaban J connectivity index is 2.56. The van der Waals surface area contributed by atoms with E-state index in [2.05, 4.69) is 0 Å². The van der Waals surface area contributed by atoms with Gasteiger partial charge < -0.3 is 0 Å². The molecule has 0 aliphatic heterocycles. The average molecular weight is 166 g/mol. The predicted molar refractivity (Wildman–Crippen MR) is 36.9 cm³/mol. The maximum atomic E-state index is 12.2. The Morgan fingerprint density at radius 2 is 1.60 bits per heavy atom. The van der Waals surface area contributed by atoms with Crippen molar-refractivity contribution in [3.8, 4) is 0 Å². The van der Waals surface area contributed by atoms with Gasteiger partial charge in [0.15, 0.2) is 0 Å². The van der Waals surface area contributed by atoms with Crippen LogP contribution < -0.4 is 0 Å². The van der Waals surface area contributed by atoms with Gasteiger partial charge in [-0.15, -0.1) is 3.89 Å². The summed E-state index contributed by atoms with van der Waals surface area (Å²) in [5.74, 6) is 0. The van der Waals surface area contributed by atoms with Gasteiger partial charge in [-0.25, -0.2) is 0 Å². The number of hydrogen-bond acceptors (Lipinski definition) is 2. The van der Waals surface area contributed by atoms with Crippen LogP contribution >= 0.6 is 0 Å². The Hall–Kier alpha value is -0.120. The summed E-state index contributed by atoms with van der Waals surface area (Å²) in [7, 11) is -4.23. The van der Waals surface area contributed by atoms with Gasteiger partial charge in [0.2, 0.25) is 0 Å². The first-order valence-corrected chi connectivity index (χ1v) is 4.99. The summed E-state index contributed by atoms with van der Waals surface area (Å²) in [6.45, 7) is 0. The molecule has 0 spiro atoms. The quantitative estimate of drug-likeness (QED) is 0.555. The van der Waals surface area contributed by atoms with E-state index in [9.17, 15) is 12.3 Å². The highest BCUT2D eigenvalue weighted by molar-refractivity contribution is 7.87. The molecule has 4 heteroatoms. The Labute approximate surface area is 60.6 Å². The third-order valence-corrected chi connectivity index (χ3v) is 3.22. The third-order valence-electron chi connectivity index (χ3n) is 1.95. The van der Waals surface area contributed by atoms with Gasteiger partial charge in [-0.1, -0.05) is 19.3 Å². The minimum atomic E-state index is -4.23. The lowest BCUT2D eigenvalue weighted by atomic mass is 10.0. The molecule has 0 heterocycles. The molecule has 60 valence electrons. The minimum absolute atomic E-state index is 0.513. The van der Waals surface area contributed by atoms with Crippen LogP contribution in [0.25, 0.3) is 0 Å². The van der Waals surface area contributed by atoms with Gasteiger partial charge >= 0.3 is 10.2 Å².